The summed E-state index contributed by atoms with van der Waals surface area (Å²) in [5, 5.41) is 18.4. The number of fused-ring (bicyclic) bond motifs is 1. The first-order valence-corrected chi connectivity index (χ1v) is 12.7. The highest BCUT2D eigenvalue weighted by Gasteiger charge is 2.31. The molecule has 180 valence electrons. The van der Waals surface area contributed by atoms with Crippen LogP contribution in [-0.4, -0.2) is 40.4 Å². The molecule has 0 aliphatic carbocycles. The second-order valence-electron chi connectivity index (χ2n) is 7.91. The molecule has 1 atom stereocenters. The Balaban J connectivity index is 1.53. The van der Waals surface area contributed by atoms with Crippen molar-refractivity contribution in [2.24, 2.45) is 7.05 Å². The maximum absolute atomic E-state index is 13.0. The Kier molecular flexibility index (Phi) is 7.54. The summed E-state index contributed by atoms with van der Waals surface area (Å²) in [4.78, 5) is 29.2. The predicted octanol–water partition coefficient (Wildman–Crippen LogP) is 2.49. The number of carbonyl (C=O) groups is 2. The van der Waals surface area contributed by atoms with Gasteiger partial charge in [0.25, 0.3) is 5.03 Å². The van der Waals surface area contributed by atoms with Gasteiger partial charge in [-0.2, -0.15) is 0 Å². The van der Waals surface area contributed by atoms with E-state index in [-0.39, 0.29) is 17.5 Å². The van der Waals surface area contributed by atoms with Gasteiger partial charge >= 0.3 is 5.97 Å². The van der Waals surface area contributed by atoms with Crippen LogP contribution in [0.4, 0.5) is 5.00 Å². The highest BCUT2D eigenvalue weighted by Crippen LogP contribution is 2.38. The molecule has 3 heterocycles. The minimum atomic E-state index is -0.609. The fraction of sp³-hybridized carbons (Fsp3) is 0.391. The van der Waals surface area contributed by atoms with Gasteiger partial charge in [0, 0.05) is 24.5 Å². The number of carbonyl (C=O) groups excluding carboxylic acids is 2. The summed E-state index contributed by atoms with van der Waals surface area (Å²) < 4.78 is 11.2. The van der Waals surface area contributed by atoms with E-state index >= 15 is 0 Å². The molecule has 11 heteroatoms. The maximum atomic E-state index is 13.0. The van der Waals surface area contributed by atoms with Crippen LogP contribution in [0.2, 0.25) is 0 Å². The Hall–Kier alpha value is -2.89. The third-order valence-corrected chi connectivity index (χ3v) is 7.83. The van der Waals surface area contributed by atoms with Crippen molar-refractivity contribution in [3.05, 3.63) is 51.9 Å². The molecule has 1 aliphatic heterocycles. The van der Waals surface area contributed by atoms with Gasteiger partial charge < -0.3 is 19.7 Å². The number of aromatic nitrogens is 2. The van der Waals surface area contributed by atoms with E-state index < -0.39 is 17.2 Å². The summed E-state index contributed by atoms with van der Waals surface area (Å²) in [6.07, 6.45) is 0.697. The number of hydrogen-bond acceptors (Lipinski definition) is 9. The smallest absolute Gasteiger partial charge is 0.341 e. The van der Waals surface area contributed by atoms with E-state index in [1.165, 1.54) is 21.6 Å². The molecule has 0 bridgehead atoms. The molecule has 3 aromatic rings. The van der Waals surface area contributed by atoms with Crippen molar-refractivity contribution in [3.8, 4) is 5.95 Å². The van der Waals surface area contributed by atoms with Gasteiger partial charge in [-0.3, -0.25) is 9.69 Å². The van der Waals surface area contributed by atoms with Crippen LogP contribution in [0.25, 0.3) is 0 Å². The van der Waals surface area contributed by atoms with Gasteiger partial charge in [-0.25, -0.2) is 4.79 Å². The zero-order valence-corrected chi connectivity index (χ0v) is 20.8. The number of benzene rings is 1. The van der Waals surface area contributed by atoms with Gasteiger partial charge in [-0.05, 0) is 43.2 Å². The fourth-order valence-electron chi connectivity index (χ4n) is 3.81. The molecule has 0 radical (unpaired) electrons. The van der Waals surface area contributed by atoms with Gasteiger partial charge in [-0.1, -0.05) is 35.0 Å². The van der Waals surface area contributed by atoms with Gasteiger partial charge in [-0.15, -0.1) is 11.3 Å². The number of aryl methyl sites for hydroxylation is 1. The summed E-state index contributed by atoms with van der Waals surface area (Å²) in [6.45, 7) is 6.01. The van der Waals surface area contributed by atoms with Crippen LogP contribution in [0.3, 0.4) is 0 Å². The monoisotopic (exact) mass is 502 g/mol. The average molecular weight is 503 g/mol. The van der Waals surface area contributed by atoms with Crippen LogP contribution in [0, 0.1) is 0 Å². The van der Waals surface area contributed by atoms with Crippen LogP contribution < -0.4 is 15.1 Å². The zero-order chi connectivity index (χ0) is 24.2. The second kappa shape index (κ2) is 10.6. The number of esters is 1. The largest absolute Gasteiger partial charge is 0.538 e. The molecule has 2 aromatic heterocycles. The van der Waals surface area contributed by atoms with Crippen LogP contribution in [0.15, 0.2) is 39.9 Å². The third kappa shape index (κ3) is 5.26. The van der Waals surface area contributed by atoms with E-state index in [4.69, 9.17) is 4.74 Å². The van der Waals surface area contributed by atoms with E-state index in [2.05, 4.69) is 32.1 Å². The minimum absolute atomic E-state index is 0.232. The summed E-state index contributed by atoms with van der Waals surface area (Å²) in [5.41, 5.74) is 2.61. The molecule has 1 aromatic carbocycles. The number of anilines is 1. The normalized spacial score (nSPS) is 14.4. The van der Waals surface area contributed by atoms with Crippen molar-refractivity contribution < 1.29 is 28.6 Å². The number of amides is 1. The lowest BCUT2D eigenvalue weighted by molar-refractivity contribution is -0.772. The predicted molar refractivity (Wildman–Crippen MR) is 126 cm³/mol. The Bertz CT molecular complexity index is 1160. The molecule has 1 N–H and O–H groups in total. The number of rotatable bonds is 8. The number of thiophene rings is 1. The molecule has 0 fully saturated rings. The molecule has 1 amide bonds. The van der Waals surface area contributed by atoms with Crippen molar-refractivity contribution >= 4 is 40.0 Å². The molecular formula is C23H26N4O5S2. The lowest BCUT2D eigenvalue weighted by atomic mass is 10.0. The Labute approximate surface area is 205 Å². The van der Waals surface area contributed by atoms with Gasteiger partial charge in [0.1, 0.15) is 5.00 Å². The highest BCUT2D eigenvalue weighted by atomic mass is 32.2. The van der Waals surface area contributed by atoms with Crippen molar-refractivity contribution in [3.63, 3.8) is 0 Å². The molecule has 0 spiro atoms. The Morgan fingerprint density at radius 1 is 1.38 bits per heavy atom. The zero-order valence-electron chi connectivity index (χ0n) is 19.2. The molecule has 34 heavy (non-hydrogen) atoms. The molecule has 9 nitrogen and oxygen atoms in total. The average Bonchev–Trinajstić information content (AvgIpc) is 3.33. The fourth-order valence-corrected chi connectivity index (χ4v) is 5.91. The van der Waals surface area contributed by atoms with Crippen molar-refractivity contribution in [2.75, 3.05) is 18.5 Å². The molecule has 0 saturated heterocycles. The van der Waals surface area contributed by atoms with Gasteiger partial charge in [0.2, 0.25) is 5.91 Å². The van der Waals surface area contributed by atoms with Crippen LogP contribution in [-0.2, 0) is 36.1 Å². The third-order valence-electron chi connectivity index (χ3n) is 5.47. The standard InChI is InChI=1S/C23H26N4O5S2/c1-4-31-22(29)18-16-10-11-27(12-15-8-6-5-7-9-15)13-17(16)34-20(18)24-19(28)14(2)33-21-23(30)32-25-26(21)3/h5-9,14H,4,10-13H2,1-3H3,(H-,24,25,28,29,30). The molecule has 1 unspecified atom stereocenters. The molecule has 4 rings (SSSR count). The highest BCUT2D eigenvalue weighted by molar-refractivity contribution is 8.00. The van der Waals surface area contributed by atoms with Crippen LogP contribution >= 0.6 is 23.1 Å². The topological polar surface area (TPSA) is 112 Å². The number of nitrogens with zero attached hydrogens (tertiary/aromatic N) is 3. The van der Waals surface area contributed by atoms with E-state index in [1.54, 1.807) is 20.9 Å². The van der Waals surface area contributed by atoms with E-state index in [1.807, 2.05) is 18.2 Å². The summed E-state index contributed by atoms with van der Waals surface area (Å²) in [5.74, 6) is -1.35. The summed E-state index contributed by atoms with van der Waals surface area (Å²) in [7, 11) is 1.57. The van der Waals surface area contributed by atoms with Crippen molar-refractivity contribution in [1.82, 2.24) is 10.2 Å². The molecule has 0 saturated carbocycles. The van der Waals surface area contributed by atoms with Crippen molar-refractivity contribution in [2.45, 2.75) is 43.6 Å². The van der Waals surface area contributed by atoms with E-state index in [0.717, 1.165) is 35.3 Å². The summed E-state index contributed by atoms with van der Waals surface area (Å²) >= 11 is 2.46. The molecular weight excluding hydrogens is 476 g/mol. The Morgan fingerprint density at radius 3 is 2.82 bits per heavy atom. The first-order chi connectivity index (χ1) is 16.4. The lowest BCUT2D eigenvalue weighted by Crippen LogP contribution is -2.33. The minimum Gasteiger partial charge on any atom is -0.538 e. The SMILES string of the molecule is CCOC(=O)c1c(NC(=O)C(C)Sc2c([O-])on[n+]2C)sc2c1CCN(Cc1ccccc1)C2. The lowest BCUT2D eigenvalue weighted by Gasteiger charge is -2.27. The van der Waals surface area contributed by atoms with Crippen molar-refractivity contribution in [1.29, 1.82) is 0 Å². The number of hydrogen-bond donors (Lipinski definition) is 1. The molecule has 1 aliphatic rings. The number of thioether (sulfide) groups is 1. The number of nitrogens with one attached hydrogen (secondary N) is 1. The van der Waals surface area contributed by atoms with Gasteiger partial charge in [0.05, 0.1) is 22.7 Å². The first-order valence-electron chi connectivity index (χ1n) is 11.0. The maximum Gasteiger partial charge on any atom is 0.341 e. The second-order valence-corrected chi connectivity index (χ2v) is 10.3. The van der Waals surface area contributed by atoms with Crippen LogP contribution in [0.5, 0.6) is 5.95 Å². The number of ether oxygens (including phenoxy) is 1. The quantitative estimate of drug-likeness (QED) is 0.284. The van der Waals surface area contributed by atoms with E-state index in [0.29, 0.717) is 23.5 Å². The summed E-state index contributed by atoms with van der Waals surface area (Å²) in [6, 6.07) is 10.2. The van der Waals surface area contributed by atoms with E-state index in [9.17, 15) is 14.7 Å². The Morgan fingerprint density at radius 2 is 2.15 bits per heavy atom. The van der Waals surface area contributed by atoms with Crippen LogP contribution in [0.1, 0.15) is 40.2 Å². The van der Waals surface area contributed by atoms with Gasteiger partial charge in [0.15, 0.2) is 13.0 Å². The first kappa shape index (κ1) is 24.2.